The summed E-state index contributed by atoms with van der Waals surface area (Å²) in [5.74, 6) is -0.274. The van der Waals surface area contributed by atoms with Gasteiger partial charge in [0.05, 0.1) is 0 Å². The molecule has 0 unspecified atom stereocenters. The molecule has 5 nitrogen and oxygen atoms in total. The first-order valence-electron chi connectivity index (χ1n) is 7.93. The third-order valence-corrected chi connectivity index (χ3v) is 6.82. The van der Waals surface area contributed by atoms with Crippen LogP contribution in [0.3, 0.4) is 0 Å². The Morgan fingerprint density at radius 3 is 2.68 bits per heavy atom. The number of sulfonamides is 1. The van der Waals surface area contributed by atoms with Crippen molar-refractivity contribution in [3.8, 4) is 0 Å². The second kappa shape index (κ2) is 8.08. The van der Waals surface area contributed by atoms with Gasteiger partial charge in [-0.05, 0) is 30.7 Å². The van der Waals surface area contributed by atoms with Gasteiger partial charge in [-0.2, -0.15) is 4.31 Å². The van der Waals surface area contributed by atoms with Crippen LogP contribution in [0.5, 0.6) is 0 Å². The maximum Gasteiger partial charge on any atom is 0.262 e. The normalized spacial score (nSPS) is 16.0. The number of thiophene rings is 1. The Hall–Kier alpha value is -0.920. The number of hydrogen-bond acceptors (Lipinski definition) is 4. The van der Waals surface area contributed by atoms with E-state index in [0.717, 1.165) is 38.5 Å². The molecule has 0 radical (unpaired) electrons. The summed E-state index contributed by atoms with van der Waals surface area (Å²) < 4.78 is 26.7. The number of rotatable bonds is 8. The van der Waals surface area contributed by atoms with Crippen LogP contribution >= 0.6 is 11.3 Å². The van der Waals surface area contributed by atoms with Gasteiger partial charge in [0.2, 0.25) is 10.0 Å². The second-order valence-electron chi connectivity index (χ2n) is 5.54. The minimum absolute atomic E-state index is 0.158. The molecule has 124 valence electrons. The van der Waals surface area contributed by atoms with Crippen LogP contribution in [0.15, 0.2) is 16.3 Å². The highest BCUT2D eigenvalue weighted by molar-refractivity contribution is 7.89. The maximum atomic E-state index is 12.6. The van der Waals surface area contributed by atoms with E-state index >= 15 is 0 Å². The van der Waals surface area contributed by atoms with E-state index in [1.165, 1.54) is 15.6 Å². The molecule has 0 aliphatic carbocycles. The quantitative estimate of drug-likeness (QED) is 0.738. The Kier molecular flexibility index (Phi) is 6.40. The van der Waals surface area contributed by atoms with Crippen molar-refractivity contribution in [1.82, 2.24) is 9.62 Å². The molecule has 0 aromatic carbocycles. The number of nitrogens with one attached hydrogen (secondary N) is 1. The first-order chi connectivity index (χ1) is 10.6. The molecule has 1 aliphatic heterocycles. The smallest absolute Gasteiger partial charge is 0.262 e. The molecule has 22 heavy (non-hydrogen) atoms. The molecule has 2 rings (SSSR count). The monoisotopic (exact) mass is 344 g/mol. The summed E-state index contributed by atoms with van der Waals surface area (Å²) in [4.78, 5) is 12.7. The molecule has 1 aromatic heterocycles. The van der Waals surface area contributed by atoms with Gasteiger partial charge < -0.3 is 5.32 Å². The Morgan fingerprint density at radius 2 is 2.00 bits per heavy atom. The lowest BCUT2D eigenvalue weighted by Crippen LogP contribution is -2.30. The summed E-state index contributed by atoms with van der Waals surface area (Å²) >= 11 is 1.19. The SMILES string of the molecule is CCCCCCNC(=O)c1sccc1S(=O)(=O)N1CCCC1. The molecular formula is C15H24N2O3S2. The van der Waals surface area contributed by atoms with Crippen molar-refractivity contribution in [1.29, 1.82) is 0 Å². The summed E-state index contributed by atoms with van der Waals surface area (Å²) in [6.07, 6.45) is 6.10. The Bertz CT molecular complexity index is 590. The Morgan fingerprint density at radius 1 is 1.27 bits per heavy atom. The van der Waals surface area contributed by atoms with Gasteiger partial charge in [0.15, 0.2) is 0 Å². The fourth-order valence-corrected chi connectivity index (χ4v) is 5.40. The molecule has 0 bridgehead atoms. The van der Waals surface area contributed by atoms with Gasteiger partial charge in [0.25, 0.3) is 5.91 Å². The topological polar surface area (TPSA) is 66.5 Å². The average molecular weight is 345 g/mol. The van der Waals surface area contributed by atoms with E-state index in [2.05, 4.69) is 12.2 Å². The number of carbonyl (C=O) groups excluding carboxylic acids is 1. The van der Waals surface area contributed by atoms with E-state index in [9.17, 15) is 13.2 Å². The van der Waals surface area contributed by atoms with Crippen molar-refractivity contribution in [2.45, 2.75) is 50.3 Å². The van der Waals surface area contributed by atoms with Crippen molar-refractivity contribution in [2.75, 3.05) is 19.6 Å². The van der Waals surface area contributed by atoms with Gasteiger partial charge >= 0.3 is 0 Å². The zero-order valence-electron chi connectivity index (χ0n) is 13.0. The van der Waals surface area contributed by atoms with Gasteiger partial charge in [0, 0.05) is 19.6 Å². The first kappa shape index (κ1) is 17.4. The average Bonchev–Trinajstić information content (AvgIpc) is 3.18. The predicted octanol–water partition coefficient (Wildman–Crippen LogP) is 2.84. The van der Waals surface area contributed by atoms with E-state index in [1.54, 1.807) is 11.4 Å². The lowest BCUT2D eigenvalue weighted by molar-refractivity contribution is 0.0954. The Labute approximate surface area is 136 Å². The van der Waals surface area contributed by atoms with Crippen LogP contribution in [0.2, 0.25) is 0 Å². The van der Waals surface area contributed by atoms with E-state index in [0.29, 0.717) is 24.5 Å². The summed E-state index contributed by atoms with van der Waals surface area (Å²) in [7, 11) is -3.53. The summed E-state index contributed by atoms with van der Waals surface area (Å²) in [6, 6.07) is 1.55. The van der Waals surface area contributed by atoms with Crippen LogP contribution in [0, 0.1) is 0 Å². The third kappa shape index (κ3) is 4.08. The molecule has 1 amide bonds. The zero-order chi connectivity index (χ0) is 16.0. The van der Waals surface area contributed by atoms with Crippen molar-refractivity contribution in [2.24, 2.45) is 0 Å². The van der Waals surface area contributed by atoms with Crippen LogP contribution < -0.4 is 5.32 Å². The standard InChI is InChI=1S/C15H24N2O3S2/c1-2-3-4-5-9-16-15(18)14-13(8-12-21-14)22(19,20)17-10-6-7-11-17/h8,12H,2-7,9-11H2,1H3,(H,16,18). The van der Waals surface area contributed by atoms with Gasteiger partial charge in [0.1, 0.15) is 9.77 Å². The highest BCUT2D eigenvalue weighted by atomic mass is 32.2. The van der Waals surface area contributed by atoms with Gasteiger partial charge in [-0.25, -0.2) is 8.42 Å². The van der Waals surface area contributed by atoms with Gasteiger partial charge in [-0.3, -0.25) is 4.79 Å². The van der Waals surface area contributed by atoms with Crippen molar-refractivity contribution in [3.05, 3.63) is 16.3 Å². The van der Waals surface area contributed by atoms with Crippen LogP contribution in [-0.4, -0.2) is 38.3 Å². The molecule has 1 fully saturated rings. The number of carbonyl (C=O) groups is 1. The fraction of sp³-hybridized carbons (Fsp3) is 0.667. The molecule has 0 atom stereocenters. The van der Waals surface area contributed by atoms with Crippen molar-refractivity contribution >= 4 is 27.3 Å². The van der Waals surface area contributed by atoms with Crippen LogP contribution in [0.4, 0.5) is 0 Å². The minimum atomic E-state index is -3.53. The van der Waals surface area contributed by atoms with E-state index < -0.39 is 10.0 Å². The molecule has 0 spiro atoms. The summed E-state index contributed by atoms with van der Waals surface area (Å²) in [5.41, 5.74) is 0. The second-order valence-corrected chi connectivity index (χ2v) is 8.36. The van der Waals surface area contributed by atoms with E-state index in [1.807, 2.05) is 0 Å². The molecule has 1 aromatic rings. The summed E-state index contributed by atoms with van der Waals surface area (Å²) in [5, 5.41) is 4.51. The molecule has 2 heterocycles. The maximum absolute atomic E-state index is 12.6. The number of hydrogen-bond donors (Lipinski definition) is 1. The number of nitrogens with zero attached hydrogens (tertiary/aromatic N) is 1. The highest BCUT2D eigenvalue weighted by Gasteiger charge is 2.31. The molecule has 0 saturated carbocycles. The molecule has 1 saturated heterocycles. The lowest BCUT2D eigenvalue weighted by atomic mass is 10.2. The van der Waals surface area contributed by atoms with Crippen molar-refractivity contribution < 1.29 is 13.2 Å². The van der Waals surface area contributed by atoms with E-state index in [4.69, 9.17) is 0 Å². The molecular weight excluding hydrogens is 320 g/mol. The molecule has 7 heteroatoms. The number of amides is 1. The largest absolute Gasteiger partial charge is 0.351 e. The zero-order valence-corrected chi connectivity index (χ0v) is 14.6. The highest BCUT2D eigenvalue weighted by Crippen LogP contribution is 2.27. The Balaban J connectivity index is 2.01. The van der Waals surface area contributed by atoms with E-state index in [-0.39, 0.29) is 10.8 Å². The van der Waals surface area contributed by atoms with Crippen LogP contribution in [0.25, 0.3) is 0 Å². The van der Waals surface area contributed by atoms with Crippen LogP contribution in [-0.2, 0) is 10.0 Å². The minimum Gasteiger partial charge on any atom is -0.351 e. The van der Waals surface area contributed by atoms with Crippen molar-refractivity contribution in [3.63, 3.8) is 0 Å². The summed E-state index contributed by atoms with van der Waals surface area (Å²) in [6.45, 7) is 3.84. The lowest BCUT2D eigenvalue weighted by Gasteiger charge is -2.15. The fourth-order valence-electron chi connectivity index (χ4n) is 2.57. The first-order valence-corrected chi connectivity index (χ1v) is 10.2. The van der Waals surface area contributed by atoms with Gasteiger partial charge in [-0.1, -0.05) is 26.2 Å². The number of unbranched alkanes of at least 4 members (excludes halogenated alkanes) is 3. The predicted molar refractivity (Wildman–Crippen MR) is 88.8 cm³/mol. The molecule has 1 aliphatic rings. The van der Waals surface area contributed by atoms with Crippen LogP contribution in [0.1, 0.15) is 55.1 Å². The third-order valence-electron chi connectivity index (χ3n) is 3.83. The molecule has 1 N–H and O–H groups in total. The van der Waals surface area contributed by atoms with Gasteiger partial charge in [-0.15, -0.1) is 11.3 Å².